The standard InChI is InChI=1S/C23H22ClN3O5S2/c1-32-20-12-8-17(9-13-20)23-15-22(16-6-10-19(11-7-16)26-33(2,28)29)25-27(23)34(30,31)21-5-3-4-18(24)14-21/h3-14,23,26H,15H2,1-2H3/t23-/m0/s1. The number of benzene rings is 3. The highest BCUT2D eigenvalue weighted by atomic mass is 35.5. The summed E-state index contributed by atoms with van der Waals surface area (Å²) in [4.78, 5) is 0.0382. The highest BCUT2D eigenvalue weighted by molar-refractivity contribution is 7.92. The summed E-state index contributed by atoms with van der Waals surface area (Å²) in [5.74, 6) is 0.654. The van der Waals surface area contributed by atoms with Gasteiger partial charge in [-0.15, -0.1) is 0 Å². The van der Waals surface area contributed by atoms with E-state index < -0.39 is 26.1 Å². The topological polar surface area (TPSA) is 105 Å². The lowest BCUT2D eigenvalue weighted by Crippen LogP contribution is -2.27. The third kappa shape index (κ3) is 5.19. The van der Waals surface area contributed by atoms with E-state index in [4.69, 9.17) is 16.3 Å². The van der Waals surface area contributed by atoms with Gasteiger partial charge < -0.3 is 4.74 Å². The Hall–Kier alpha value is -3.08. The van der Waals surface area contributed by atoms with Gasteiger partial charge in [-0.05, 0) is 53.6 Å². The van der Waals surface area contributed by atoms with Crippen LogP contribution in [0.3, 0.4) is 0 Å². The Morgan fingerprint density at radius 3 is 2.26 bits per heavy atom. The van der Waals surface area contributed by atoms with E-state index in [1.54, 1.807) is 55.6 Å². The molecule has 1 aliphatic rings. The van der Waals surface area contributed by atoms with Gasteiger partial charge in [0.2, 0.25) is 10.0 Å². The van der Waals surface area contributed by atoms with E-state index in [9.17, 15) is 16.8 Å². The van der Waals surface area contributed by atoms with Crippen molar-refractivity contribution in [3.63, 3.8) is 0 Å². The van der Waals surface area contributed by atoms with Crippen LogP contribution in [-0.4, -0.2) is 40.3 Å². The first-order valence-corrected chi connectivity index (χ1v) is 13.9. The largest absolute Gasteiger partial charge is 0.497 e. The number of anilines is 1. The number of halogens is 1. The summed E-state index contributed by atoms with van der Waals surface area (Å²) < 4.78 is 58.8. The number of ether oxygens (including phenoxy) is 1. The van der Waals surface area contributed by atoms with Gasteiger partial charge in [0.1, 0.15) is 5.75 Å². The lowest BCUT2D eigenvalue weighted by molar-refractivity contribution is 0.370. The molecule has 0 amide bonds. The number of hydrazone groups is 1. The first-order valence-electron chi connectivity index (χ1n) is 10.2. The van der Waals surface area contributed by atoms with Gasteiger partial charge in [-0.25, -0.2) is 8.42 Å². The van der Waals surface area contributed by atoms with E-state index in [0.29, 0.717) is 34.2 Å². The summed E-state index contributed by atoms with van der Waals surface area (Å²) >= 11 is 6.05. The van der Waals surface area contributed by atoms with Gasteiger partial charge in [0, 0.05) is 17.1 Å². The molecule has 0 bridgehead atoms. The minimum Gasteiger partial charge on any atom is -0.497 e. The number of nitrogens with zero attached hydrogens (tertiary/aromatic N) is 2. The highest BCUT2D eigenvalue weighted by Crippen LogP contribution is 2.38. The molecule has 0 aliphatic carbocycles. The van der Waals surface area contributed by atoms with Crippen LogP contribution in [0.1, 0.15) is 23.6 Å². The molecule has 8 nitrogen and oxygen atoms in total. The van der Waals surface area contributed by atoms with Crippen molar-refractivity contribution in [2.75, 3.05) is 18.1 Å². The number of sulfonamides is 2. The van der Waals surface area contributed by atoms with E-state index in [1.807, 2.05) is 12.1 Å². The molecular formula is C23H22ClN3O5S2. The maximum Gasteiger partial charge on any atom is 0.279 e. The normalized spacial score (nSPS) is 16.3. The third-order valence-corrected chi connectivity index (χ3v) is 7.75. The molecule has 0 radical (unpaired) electrons. The van der Waals surface area contributed by atoms with Crippen molar-refractivity contribution >= 4 is 43.0 Å². The van der Waals surface area contributed by atoms with Crippen molar-refractivity contribution in [2.24, 2.45) is 5.10 Å². The van der Waals surface area contributed by atoms with Crippen molar-refractivity contribution in [1.82, 2.24) is 4.41 Å². The summed E-state index contributed by atoms with van der Waals surface area (Å²) in [5.41, 5.74) is 2.39. The molecule has 0 aromatic heterocycles. The summed E-state index contributed by atoms with van der Waals surface area (Å²) in [5, 5.41) is 4.79. The molecular weight excluding hydrogens is 498 g/mol. The van der Waals surface area contributed by atoms with Gasteiger partial charge in [0.05, 0.1) is 30.0 Å². The summed E-state index contributed by atoms with van der Waals surface area (Å²) in [7, 11) is -5.86. The van der Waals surface area contributed by atoms with Crippen molar-refractivity contribution in [1.29, 1.82) is 0 Å². The van der Waals surface area contributed by atoms with Crippen LogP contribution in [0.5, 0.6) is 5.75 Å². The van der Waals surface area contributed by atoms with Crippen molar-refractivity contribution in [3.8, 4) is 5.75 Å². The molecule has 4 rings (SSSR count). The molecule has 0 unspecified atom stereocenters. The summed E-state index contributed by atoms with van der Waals surface area (Å²) in [6, 6.07) is 19.2. The fraction of sp³-hybridized carbons (Fsp3) is 0.174. The Balaban J connectivity index is 1.74. The Morgan fingerprint density at radius 2 is 1.68 bits per heavy atom. The molecule has 0 saturated heterocycles. The monoisotopic (exact) mass is 519 g/mol. The Labute approximate surface area is 203 Å². The molecule has 3 aromatic carbocycles. The molecule has 11 heteroatoms. The van der Waals surface area contributed by atoms with Crippen LogP contribution in [0.2, 0.25) is 5.02 Å². The van der Waals surface area contributed by atoms with Crippen LogP contribution in [-0.2, 0) is 20.0 Å². The Bertz CT molecular complexity index is 1440. The van der Waals surface area contributed by atoms with Crippen LogP contribution in [0, 0.1) is 0 Å². The van der Waals surface area contributed by atoms with Crippen molar-refractivity contribution in [2.45, 2.75) is 17.4 Å². The number of nitrogens with one attached hydrogen (secondary N) is 1. The molecule has 34 heavy (non-hydrogen) atoms. The predicted octanol–water partition coefficient (Wildman–Crippen LogP) is 4.26. The SMILES string of the molecule is COc1ccc([C@@H]2CC(c3ccc(NS(C)(=O)=O)cc3)=NN2S(=O)(=O)c2cccc(Cl)c2)cc1. The zero-order valence-corrected chi connectivity index (χ0v) is 20.7. The average molecular weight is 520 g/mol. The quantitative estimate of drug-likeness (QED) is 0.502. The third-order valence-electron chi connectivity index (χ3n) is 5.23. The summed E-state index contributed by atoms with van der Waals surface area (Å²) in [6.07, 6.45) is 1.39. The second-order valence-corrected chi connectivity index (χ2v) is 11.7. The van der Waals surface area contributed by atoms with Crippen LogP contribution < -0.4 is 9.46 Å². The Morgan fingerprint density at radius 1 is 1.00 bits per heavy atom. The van der Waals surface area contributed by atoms with Crippen molar-refractivity contribution < 1.29 is 21.6 Å². The summed E-state index contributed by atoms with van der Waals surface area (Å²) in [6.45, 7) is 0. The molecule has 178 valence electrons. The van der Waals surface area contributed by atoms with E-state index >= 15 is 0 Å². The second-order valence-electron chi connectivity index (χ2n) is 7.73. The van der Waals surface area contributed by atoms with Crippen LogP contribution in [0.25, 0.3) is 0 Å². The fourth-order valence-corrected chi connectivity index (χ4v) is 5.94. The number of hydrogen-bond donors (Lipinski definition) is 1. The van der Waals surface area contributed by atoms with Gasteiger partial charge in [0.25, 0.3) is 10.0 Å². The molecule has 0 fully saturated rings. The molecule has 1 N–H and O–H groups in total. The zero-order valence-electron chi connectivity index (χ0n) is 18.3. The smallest absolute Gasteiger partial charge is 0.279 e. The maximum absolute atomic E-state index is 13.5. The molecule has 1 heterocycles. The zero-order chi connectivity index (χ0) is 24.5. The molecule has 1 aliphatic heterocycles. The van der Waals surface area contributed by atoms with Gasteiger partial charge >= 0.3 is 0 Å². The van der Waals surface area contributed by atoms with E-state index in [-0.39, 0.29) is 4.90 Å². The Kier molecular flexibility index (Phi) is 6.57. The number of rotatable bonds is 7. The first kappa shape index (κ1) is 24.1. The highest BCUT2D eigenvalue weighted by Gasteiger charge is 2.37. The van der Waals surface area contributed by atoms with Crippen LogP contribution >= 0.6 is 11.6 Å². The fourth-order valence-electron chi connectivity index (χ4n) is 3.64. The lowest BCUT2D eigenvalue weighted by atomic mass is 9.99. The van der Waals surface area contributed by atoms with Crippen LogP contribution in [0.4, 0.5) is 5.69 Å². The van der Waals surface area contributed by atoms with Gasteiger partial charge in [-0.2, -0.15) is 17.9 Å². The number of methoxy groups -OCH3 is 1. The van der Waals surface area contributed by atoms with Gasteiger partial charge in [0.15, 0.2) is 0 Å². The molecule has 0 spiro atoms. The van der Waals surface area contributed by atoms with Gasteiger partial charge in [-0.1, -0.05) is 41.9 Å². The average Bonchev–Trinajstić information content (AvgIpc) is 3.25. The first-order chi connectivity index (χ1) is 16.1. The molecule has 0 saturated carbocycles. The maximum atomic E-state index is 13.5. The van der Waals surface area contributed by atoms with Gasteiger partial charge in [-0.3, -0.25) is 4.72 Å². The minimum absolute atomic E-state index is 0.0382. The van der Waals surface area contributed by atoms with Crippen molar-refractivity contribution in [3.05, 3.63) is 88.9 Å². The number of hydrogen-bond acceptors (Lipinski definition) is 6. The van der Waals surface area contributed by atoms with Crippen LogP contribution in [0.15, 0.2) is 82.8 Å². The minimum atomic E-state index is -4.01. The molecule has 3 aromatic rings. The van der Waals surface area contributed by atoms with E-state index in [1.165, 1.54) is 12.1 Å². The van der Waals surface area contributed by atoms with E-state index in [2.05, 4.69) is 9.82 Å². The lowest BCUT2D eigenvalue weighted by Gasteiger charge is -2.23. The van der Waals surface area contributed by atoms with E-state index in [0.717, 1.165) is 16.2 Å². The molecule has 1 atom stereocenters. The predicted molar refractivity (Wildman–Crippen MR) is 132 cm³/mol. The second kappa shape index (κ2) is 9.28.